The van der Waals surface area contributed by atoms with Crippen molar-refractivity contribution in [2.75, 3.05) is 20.2 Å². The van der Waals surface area contributed by atoms with Gasteiger partial charge in [-0.1, -0.05) is 24.3 Å². The van der Waals surface area contributed by atoms with Gasteiger partial charge in [0.2, 0.25) is 5.88 Å². The number of hydrogen-bond acceptors (Lipinski definition) is 4. The van der Waals surface area contributed by atoms with Crippen LogP contribution in [0, 0.1) is 0 Å². The van der Waals surface area contributed by atoms with Gasteiger partial charge in [0.25, 0.3) is 0 Å². The third kappa shape index (κ3) is 9.46. The molecular weight excluding hydrogens is 455 g/mol. The van der Waals surface area contributed by atoms with E-state index in [1.54, 1.807) is 7.05 Å². The van der Waals surface area contributed by atoms with Crippen LogP contribution in [0.1, 0.15) is 25.8 Å². The summed E-state index contributed by atoms with van der Waals surface area (Å²) in [5, 5.41) is 6.55. The number of rotatable bonds is 9. The zero-order valence-electron chi connectivity index (χ0n) is 16.1. The summed E-state index contributed by atoms with van der Waals surface area (Å²) >= 11 is 0. The van der Waals surface area contributed by atoms with E-state index in [1.165, 1.54) is 0 Å². The summed E-state index contributed by atoms with van der Waals surface area (Å²) in [7, 11) is 1.76. The van der Waals surface area contributed by atoms with Crippen molar-refractivity contribution >= 4 is 29.9 Å². The quantitative estimate of drug-likeness (QED) is 0.246. The molecule has 2 rings (SSSR count). The van der Waals surface area contributed by atoms with E-state index in [1.807, 2.05) is 62.5 Å². The van der Waals surface area contributed by atoms with Crippen LogP contribution in [0.4, 0.5) is 0 Å². The fraction of sp³-hybridized carbons (Fsp3) is 0.400. The number of benzene rings is 1. The maximum Gasteiger partial charge on any atom is 0.213 e. The lowest BCUT2D eigenvalue weighted by Gasteiger charge is -2.13. The average molecular weight is 484 g/mol. The summed E-state index contributed by atoms with van der Waals surface area (Å²) < 4.78 is 11.2. The van der Waals surface area contributed by atoms with Crippen LogP contribution in [-0.2, 0) is 6.54 Å². The molecule has 0 aliphatic heterocycles. The van der Waals surface area contributed by atoms with Crippen molar-refractivity contribution in [3.05, 3.63) is 54.2 Å². The first-order chi connectivity index (χ1) is 12.7. The Kier molecular flexibility index (Phi) is 11.2. The Morgan fingerprint density at radius 2 is 1.89 bits per heavy atom. The molecule has 0 aliphatic rings. The first kappa shape index (κ1) is 23.0. The largest absolute Gasteiger partial charge is 0.494 e. The van der Waals surface area contributed by atoms with E-state index in [0.29, 0.717) is 19.0 Å². The van der Waals surface area contributed by atoms with E-state index < -0.39 is 0 Å². The molecule has 0 atom stereocenters. The molecule has 27 heavy (non-hydrogen) atoms. The molecule has 148 valence electrons. The van der Waals surface area contributed by atoms with Crippen molar-refractivity contribution < 1.29 is 9.47 Å². The lowest BCUT2D eigenvalue weighted by Crippen LogP contribution is -2.37. The summed E-state index contributed by atoms with van der Waals surface area (Å²) in [5.74, 6) is 2.30. The molecule has 0 fully saturated rings. The number of aromatic nitrogens is 1. The third-order valence-corrected chi connectivity index (χ3v) is 3.46. The Bertz CT molecular complexity index is 663. The van der Waals surface area contributed by atoms with Crippen molar-refractivity contribution in [3.8, 4) is 11.6 Å². The predicted octanol–water partition coefficient (Wildman–Crippen LogP) is 3.62. The zero-order valence-corrected chi connectivity index (χ0v) is 18.5. The number of nitrogens with one attached hydrogen (secondary N) is 2. The van der Waals surface area contributed by atoms with Crippen molar-refractivity contribution in [1.29, 1.82) is 0 Å². The second-order valence-corrected chi connectivity index (χ2v) is 6.04. The maximum absolute atomic E-state index is 5.67. The minimum atomic E-state index is 0. The number of guanidine groups is 1. The summed E-state index contributed by atoms with van der Waals surface area (Å²) in [6, 6.07) is 13.7. The van der Waals surface area contributed by atoms with E-state index in [0.717, 1.165) is 30.2 Å². The van der Waals surface area contributed by atoms with Gasteiger partial charge in [0, 0.05) is 32.4 Å². The van der Waals surface area contributed by atoms with Gasteiger partial charge < -0.3 is 20.1 Å². The number of pyridine rings is 1. The molecule has 2 N–H and O–H groups in total. The molecule has 1 aromatic heterocycles. The second-order valence-electron chi connectivity index (χ2n) is 6.04. The number of hydrogen-bond donors (Lipinski definition) is 2. The number of halogens is 1. The van der Waals surface area contributed by atoms with Gasteiger partial charge in [0.1, 0.15) is 5.75 Å². The van der Waals surface area contributed by atoms with Crippen LogP contribution in [-0.4, -0.2) is 37.2 Å². The van der Waals surface area contributed by atoms with Crippen LogP contribution in [0.2, 0.25) is 0 Å². The SMILES string of the molecule is CN=C(NCCCOc1ccccc1)NCc1ccc(OC(C)C)nc1.I. The van der Waals surface area contributed by atoms with E-state index in [4.69, 9.17) is 9.47 Å². The highest BCUT2D eigenvalue weighted by atomic mass is 127. The Morgan fingerprint density at radius 1 is 1.11 bits per heavy atom. The Balaban J connectivity index is 0.00000364. The number of aliphatic imine (C=N–C) groups is 1. The van der Waals surface area contributed by atoms with Gasteiger partial charge >= 0.3 is 0 Å². The topological polar surface area (TPSA) is 67.8 Å². The van der Waals surface area contributed by atoms with Gasteiger partial charge in [-0.25, -0.2) is 4.98 Å². The Hall–Kier alpha value is -2.03. The maximum atomic E-state index is 5.67. The van der Waals surface area contributed by atoms with E-state index in [-0.39, 0.29) is 30.1 Å². The summed E-state index contributed by atoms with van der Waals surface area (Å²) in [4.78, 5) is 8.52. The van der Waals surface area contributed by atoms with E-state index >= 15 is 0 Å². The first-order valence-electron chi connectivity index (χ1n) is 8.91. The molecule has 1 aromatic carbocycles. The third-order valence-electron chi connectivity index (χ3n) is 3.46. The van der Waals surface area contributed by atoms with E-state index in [2.05, 4.69) is 20.6 Å². The molecule has 6 nitrogen and oxygen atoms in total. The Morgan fingerprint density at radius 3 is 2.52 bits per heavy atom. The zero-order chi connectivity index (χ0) is 18.6. The first-order valence-corrected chi connectivity index (χ1v) is 8.91. The minimum absolute atomic E-state index is 0. The summed E-state index contributed by atoms with van der Waals surface area (Å²) in [5.41, 5.74) is 1.07. The average Bonchev–Trinajstić information content (AvgIpc) is 2.65. The molecule has 0 bridgehead atoms. The van der Waals surface area contributed by atoms with Crippen LogP contribution < -0.4 is 20.1 Å². The molecule has 0 saturated carbocycles. The molecule has 2 aromatic rings. The highest BCUT2D eigenvalue weighted by Gasteiger charge is 2.01. The lowest BCUT2D eigenvalue weighted by molar-refractivity contribution is 0.232. The second kappa shape index (κ2) is 13.2. The summed E-state index contributed by atoms with van der Waals surface area (Å²) in [6.07, 6.45) is 2.82. The van der Waals surface area contributed by atoms with Crippen molar-refractivity contribution in [2.24, 2.45) is 4.99 Å². The normalized spacial score (nSPS) is 10.9. The number of ether oxygens (including phenoxy) is 2. The van der Waals surface area contributed by atoms with Crippen molar-refractivity contribution in [2.45, 2.75) is 32.9 Å². The van der Waals surface area contributed by atoms with Crippen LogP contribution in [0.3, 0.4) is 0 Å². The van der Waals surface area contributed by atoms with Gasteiger partial charge in [-0.3, -0.25) is 4.99 Å². The van der Waals surface area contributed by atoms with Crippen LogP contribution in [0.15, 0.2) is 53.7 Å². The highest BCUT2D eigenvalue weighted by Crippen LogP contribution is 2.09. The van der Waals surface area contributed by atoms with Gasteiger partial charge in [-0.2, -0.15) is 0 Å². The molecule has 1 heterocycles. The predicted molar refractivity (Wildman–Crippen MR) is 120 cm³/mol. The summed E-state index contributed by atoms with van der Waals surface area (Å²) in [6.45, 7) is 6.06. The molecule has 0 aliphatic carbocycles. The minimum Gasteiger partial charge on any atom is -0.494 e. The molecule has 7 heteroatoms. The van der Waals surface area contributed by atoms with Gasteiger partial charge in [0.05, 0.1) is 12.7 Å². The molecule has 0 saturated heterocycles. The van der Waals surface area contributed by atoms with Gasteiger partial charge in [-0.05, 0) is 38.0 Å². The number of nitrogens with zero attached hydrogens (tertiary/aromatic N) is 2. The standard InChI is InChI=1S/C20H28N4O2.HI/c1-16(2)26-19-11-10-17(14-23-19)15-24-20(21-3)22-12-7-13-25-18-8-5-4-6-9-18;/h4-6,8-11,14,16H,7,12-13,15H2,1-3H3,(H2,21,22,24);1H. The van der Waals surface area contributed by atoms with Crippen LogP contribution in [0.5, 0.6) is 11.6 Å². The Labute approximate surface area is 178 Å². The fourth-order valence-corrected chi connectivity index (χ4v) is 2.22. The molecule has 0 radical (unpaired) electrons. The van der Waals surface area contributed by atoms with Crippen LogP contribution in [0.25, 0.3) is 0 Å². The van der Waals surface area contributed by atoms with Crippen LogP contribution >= 0.6 is 24.0 Å². The highest BCUT2D eigenvalue weighted by molar-refractivity contribution is 14.0. The number of para-hydroxylation sites is 1. The molecule has 0 spiro atoms. The van der Waals surface area contributed by atoms with Crippen molar-refractivity contribution in [1.82, 2.24) is 15.6 Å². The molecule has 0 unspecified atom stereocenters. The monoisotopic (exact) mass is 484 g/mol. The van der Waals surface area contributed by atoms with Gasteiger partial charge in [-0.15, -0.1) is 24.0 Å². The molecular formula is C20H29IN4O2. The fourth-order valence-electron chi connectivity index (χ4n) is 2.22. The lowest BCUT2D eigenvalue weighted by atomic mass is 10.3. The van der Waals surface area contributed by atoms with E-state index in [9.17, 15) is 0 Å². The molecule has 0 amide bonds. The van der Waals surface area contributed by atoms with Crippen molar-refractivity contribution in [3.63, 3.8) is 0 Å². The smallest absolute Gasteiger partial charge is 0.213 e. The van der Waals surface area contributed by atoms with Gasteiger partial charge in [0.15, 0.2) is 5.96 Å².